The van der Waals surface area contributed by atoms with E-state index in [1.807, 2.05) is 26.2 Å². The number of anilines is 2. The van der Waals surface area contributed by atoms with Gasteiger partial charge in [-0.1, -0.05) is 6.07 Å². The molecule has 0 saturated heterocycles. The Kier molecular flexibility index (Phi) is 4.78. The minimum absolute atomic E-state index is 0.246. The van der Waals surface area contributed by atoms with Gasteiger partial charge in [-0.2, -0.15) is 10.1 Å². The van der Waals surface area contributed by atoms with Gasteiger partial charge in [-0.3, -0.25) is 4.79 Å². The SMILES string of the molecule is CN(C)c1ncn(-c2cccc(NC(=O)c3ccn(-c4ccc(F)cc4)n3)c2)n1. The Morgan fingerprint density at radius 2 is 1.79 bits per heavy atom. The number of hydrogen-bond donors (Lipinski definition) is 1. The second-order valence-electron chi connectivity index (χ2n) is 6.51. The smallest absolute Gasteiger partial charge is 0.276 e. The highest BCUT2D eigenvalue weighted by molar-refractivity contribution is 6.02. The molecule has 0 bridgehead atoms. The van der Waals surface area contributed by atoms with Crippen molar-refractivity contribution < 1.29 is 9.18 Å². The number of nitrogens with zero attached hydrogens (tertiary/aromatic N) is 6. The third kappa shape index (κ3) is 3.98. The number of carbonyl (C=O) groups is 1. The molecule has 4 aromatic rings. The second kappa shape index (κ2) is 7.55. The van der Waals surface area contributed by atoms with Crippen LogP contribution in [-0.2, 0) is 0 Å². The normalized spacial score (nSPS) is 10.7. The van der Waals surface area contributed by atoms with E-state index < -0.39 is 0 Å². The minimum Gasteiger partial charge on any atom is -0.346 e. The first-order valence-corrected chi connectivity index (χ1v) is 8.82. The van der Waals surface area contributed by atoms with Crippen LogP contribution < -0.4 is 10.2 Å². The Morgan fingerprint density at radius 1 is 1.00 bits per heavy atom. The molecule has 0 saturated carbocycles. The number of nitrogens with one attached hydrogen (secondary N) is 1. The maximum absolute atomic E-state index is 13.1. The Balaban J connectivity index is 1.51. The fourth-order valence-corrected chi connectivity index (χ4v) is 2.69. The Bertz CT molecular complexity index is 1150. The van der Waals surface area contributed by atoms with E-state index in [1.54, 1.807) is 52.4 Å². The van der Waals surface area contributed by atoms with Crippen LogP contribution >= 0.6 is 0 Å². The molecule has 4 rings (SSSR count). The fourth-order valence-electron chi connectivity index (χ4n) is 2.69. The van der Waals surface area contributed by atoms with E-state index in [-0.39, 0.29) is 17.4 Å². The lowest BCUT2D eigenvalue weighted by Crippen LogP contribution is -2.13. The molecule has 2 aromatic carbocycles. The molecule has 0 unspecified atom stereocenters. The molecule has 8 nitrogen and oxygen atoms in total. The summed E-state index contributed by atoms with van der Waals surface area (Å²) in [7, 11) is 3.72. The van der Waals surface area contributed by atoms with Gasteiger partial charge in [0.2, 0.25) is 5.95 Å². The van der Waals surface area contributed by atoms with Gasteiger partial charge in [0.25, 0.3) is 5.91 Å². The molecule has 0 spiro atoms. The van der Waals surface area contributed by atoms with E-state index in [2.05, 4.69) is 20.5 Å². The van der Waals surface area contributed by atoms with Crippen molar-refractivity contribution >= 4 is 17.5 Å². The lowest BCUT2D eigenvalue weighted by Gasteiger charge is -2.07. The summed E-state index contributed by atoms with van der Waals surface area (Å²) >= 11 is 0. The summed E-state index contributed by atoms with van der Waals surface area (Å²) in [6, 6.07) is 14.7. The predicted molar refractivity (Wildman–Crippen MR) is 107 cm³/mol. The van der Waals surface area contributed by atoms with Crippen molar-refractivity contribution in [2.75, 3.05) is 24.3 Å². The highest BCUT2D eigenvalue weighted by Gasteiger charge is 2.12. The molecule has 0 fully saturated rings. The van der Waals surface area contributed by atoms with Crippen LogP contribution in [0.25, 0.3) is 11.4 Å². The zero-order valence-corrected chi connectivity index (χ0v) is 15.8. The van der Waals surface area contributed by atoms with Crippen LogP contribution in [0, 0.1) is 5.82 Å². The summed E-state index contributed by atoms with van der Waals surface area (Å²) in [5.74, 6) is -0.0924. The van der Waals surface area contributed by atoms with Crippen LogP contribution in [0.1, 0.15) is 10.5 Å². The number of halogens is 1. The first-order chi connectivity index (χ1) is 14.0. The van der Waals surface area contributed by atoms with Crippen molar-refractivity contribution in [2.45, 2.75) is 0 Å². The summed E-state index contributed by atoms with van der Waals surface area (Å²) < 4.78 is 16.2. The summed E-state index contributed by atoms with van der Waals surface area (Å²) in [5.41, 5.74) is 2.27. The maximum Gasteiger partial charge on any atom is 0.276 e. The van der Waals surface area contributed by atoms with Crippen molar-refractivity contribution in [3.8, 4) is 11.4 Å². The van der Waals surface area contributed by atoms with Gasteiger partial charge in [-0.05, 0) is 48.5 Å². The third-order valence-corrected chi connectivity index (χ3v) is 4.16. The van der Waals surface area contributed by atoms with Gasteiger partial charge in [-0.25, -0.2) is 13.8 Å². The molecule has 9 heteroatoms. The molecule has 0 aliphatic heterocycles. The fraction of sp³-hybridized carbons (Fsp3) is 0.100. The number of carbonyl (C=O) groups excluding carboxylic acids is 1. The van der Waals surface area contributed by atoms with Gasteiger partial charge in [0.15, 0.2) is 5.69 Å². The topological polar surface area (TPSA) is 80.9 Å². The third-order valence-electron chi connectivity index (χ3n) is 4.16. The summed E-state index contributed by atoms with van der Waals surface area (Å²) in [6.45, 7) is 0. The van der Waals surface area contributed by atoms with Crippen molar-refractivity contribution in [1.82, 2.24) is 24.5 Å². The molecule has 2 aromatic heterocycles. The first kappa shape index (κ1) is 18.4. The van der Waals surface area contributed by atoms with E-state index >= 15 is 0 Å². The van der Waals surface area contributed by atoms with E-state index in [0.29, 0.717) is 17.3 Å². The quantitative estimate of drug-likeness (QED) is 0.566. The second-order valence-corrected chi connectivity index (χ2v) is 6.51. The minimum atomic E-state index is -0.351. The van der Waals surface area contributed by atoms with Gasteiger partial charge in [0.1, 0.15) is 12.1 Å². The van der Waals surface area contributed by atoms with E-state index in [0.717, 1.165) is 5.69 Å². The molecular weight excluding hydrogens is 373 g/mol. The lowest BCUT2D eigenvalue weighted by atomic mass is 10.2. The average molecular weight is 391 g/mol. The van der Waals surface area contributed by atoms with Crippen LogP contribution in [0.2, 0.25) is 0 Å². The molecule has 2 heterocycles. The highest BCUT2D eigenvalue weighted by Crippen LogP contribution is 2.16. The number of amides is 1. The molecule has 1 N–H and O–H groups in total. The Hall–Kier alpha value is -4.01. The number of hydrogen-bond acceptors (Lipinski definition) is 5. The molecule has 0 aliphatic rings. The van der Waals surface area contributed by atoms with Crippen LogP contribution in [0.3, 0.4) is 0 Å². The largest absolute Gasteiger partial charge is 0.346 e. The molecule has 1 amide bonds. The molecule has 0 radical (unpaired) electrons. The molecular formula is C20H18FN7O. The number of rotatable bonds is 5. The maximum atomic E-state index is 13.1. The monoisotopic (exact) mass is 391 g/mol. The zero-order chi connectivity index (χ0) is 20.4. The van der Waals surface area contributed by atoms with E-state index in [9.17, 15) is 9.18 Å². The first-order valence-electron chi connectivity index (χ1n) is 8.82. The molecule has 29 heavy (non-hydrogen) atoms. The number of aromatic nitrogens is 5. The van der Waals surface area contributed by atoms with Gasteiger partial charge in [0.05, 0.1) is 11.4 Å². The standard InChI is InChI=1S/C20H18FN7O/c1-26(2)20-22-13-28(25-20)17-5-3-4-15(12-17)23-19(29)18-10-11-27(24-18)16-8-6-14(21)7-9-16/h3-13H,1-2H3,(H,23,29). The van der Waals surface area contributed by atoms with Gasteiger partial charge < -0.3 is 10.2 Å². The summed E-state index contributed by atoms with van der Waals surface area (Å²) in [5, 5.41) is 11.5. The van der Waals surface area contributed by atoms with Crippen LogP contribution in [-0.4, -0.2) is 44.5 Å². The van der Waals surface area contributed by atoms with Crippen molar-refractivity contribution in [3.63, 3.8) is 0 Å². The predicted octanol–water partition coefficient (Wildman–Crippen LogP) is 2.91. The van der Waals surface area contributed by atoms with Crippen LogP contribution in [0.4, 0.5) is 16.0 Å². The molecule has 0 aliphatic carbocycles. The molecule has 146 valence electrons. The van der Waals surface area contributed by atoms with Crippen LogP contribution in [0.15, 0.2) is 67.1 Å². The molecule has 0 atom stereocenters. The zero-order valence-electron chi connectivity index (χ0n) is 15.8. The number of benzene rings is 2. The lowest BCUT2D eigenvalue weighted by molar-refractivity contribution is 0.102. The van der Waals surface area contributed by atoms with Crippen molar-refractivity contribution in [3.05, 3.63) is 78.6 Å². The van der Waals surface area contributed by atoms with Crippen molar-refractivity contribution in [1.29, 1.82) is 0 Å². The van der Waals surface area contributed by atoms with Crippen LogP contribution in [0.5, 0.6) is 0 Å². The summed E-state index contributed by atoms with van der Waals surface area (Å²) in [4.78, 5) is 18.6. The summed E-state index contributed by atoms with van der Waals surface area (Å²) in [6.07, 6.45) is 3.26. The van der Waals surface area contributed by atoms with E-state index in [4.69, 9.17) is 0 Å². The average Bonchev–Trinajstić information content (AvgIpc) is 3.39. The van der Waals surface area contributed by atoms with E-state index in [1.165, 1.54) is 16.8 Å². The highest BCUT2D eigenvalue weighted by atomic mass is 19.1. The Labute approximate surface area is 166 Å². The Morgan fingerprint density at radius 3 is 2.52 bits per heavy atom. The van der Waals surface area contributed by atoms with Crippen molar-refractivity contribution in [2.24, 2.45) is 0 Å². The van der Waals surface area contributed by atoms with Gasteiger partial charge in [-0.15, -0.1) is 5.10 Å². The van der Waals surface area contributed by atoms with Gasteiger partial charge >= 0.3 is 0 Å². The van der Waals surface area contributed by atoms with Gasteiger partial charge in [0, 0.05) is 26.0 Å².